The number of carbonyl (C=O) groups excluding carboxylic acids is 1. The first-order chi connectivity index (χ1) is 12.8. The Morgan fingerprint density at radius 1 is 1.12 bits per heavy atom. The van der Waals surface area contributed by atoms with Crippen molar-refractivity contribution in [3.8, 4) is 0 Å². The van der Waals surface area contributed by atoms with Gasteiger partial charge in [-0.15, -0.1) is 10.2 Å². The zero-order valence-electron chi connectivity index (χ0n) is 15.4. The predicted octanol–water partition coefficient (Wildman–Crippen LogP) is 3.76. The summed E-state index contributed by atoms with van der Waals surface area (Å²) in [6.45, 7) is 1.86. The zero-order chi connectivity index (χ0) is 17.8. The van der Waals surface area contributed by atoms with Gasteiger partial charge in [0.25, 0.3) is 0 Å². The van der Waals surface area contributed by atoms with Crippen molar-refractivity contribution in [2.45, 2.75) is 64.0 Å². The molecule has 4 rings (SSSR count). The second-order valence-electron chi connectivity index (χ2n) is 7.72. The quantitative estimate of drug-likeness (QED) is 0.762. The molecule has 1 saturated carbocycles. The van der Waals surface area contributed by atoms with Crippen molar-refractivity contribution in [3.05, 3.63) is 48.0 Å². The Kier molecular flexibility index (Phi) is 5.32. The van der Waals surface area contributed by atoms with Gasteiger partial charge < -0.3 is 9.47 Å². The lowest BCUT2D eigenvalue weighted by Crippen LogP contribution is -2.39. The van der Waals surface area contributed by atoms with Crippen molar-refractivity contribution in [2.24, 2.45) is 5.92 Å². The molecule has 2 heterocycles. The van der Waals surface area contributed by atoms with Crippen molar-refractivity contribution in [1.29, 1.82) is 0 Å². The van der Waals surface area contributed by atoms with E-state index in [-0.39, 0.29) is 11.9 Å². The van der Waals surface area contributed by atoms with Crippen LogP contribution in [0.1, 0.15) is 62.4 Å². The molecule has 1 aromatic carbocycles. The number of aromatic nitrogens is 3. The average molecular weight is 352 g/mol. The van der Waals surface area contributed by atoms with Gasteiger partial charge in [0, 0.05) is 19.5 Å². The maximum Gasteiger partial charge on any atom is 0.223 e. The van der Waals surface area contributed by atoms with E-state index in [9.17, 15) is 4.79 Å². The molecule has 0 spiro atoms. The van der Waals surface area contributed by atoms with Gasteiger partial charge in [0.15, 0.2) is 5.82 Å². The van der Waals surface area contributed by atoms with E-state index in [1.807, 2.05) is 12.4 Å². The summed E-state index contributed by atoms with van der Waals surface area (Å²) in [7, 11) is 0. The van der Waals surface area contributed by atoms with Crippen LogP contribution in [-0.2, 0) is 17.8 Å². The van der Waals surface area contributed by atoms with Crippen molar-refractivity contribution in [2.75, 3.05) is 6.54 Å². The van der Waals surface area contributed by atoms with Gasteiger partial charge in [0.1, 0.15) is 6.33 Å². The van der Waals surface area contributed by atoms with E-state index >= 15 is 0 Å². The first-order valence-electron chi connectivity index (χ1n) is 10.0. The standard InChI is InChI=1S/C21H28N4O/c26-20(11-6-9-17-7-2-1-3-8-17)25-14-5-4-10-19(25)21-23-22-16-24(21)15-18-12-13-18/h1-3,7-8,16,18-19H,4-6,9-15H2/t19-/m0/s1. The molecule has 0 bridgehead atoms. The molecule has 2 fully saturated rings. The van der Waals surface area contributed by atoms with Crippen LogP contribution in [-0.4, -0.2) is 32.1 Å². The molecule has 1 aliphatic heterocycles. The minimum atomic E-state index is 0.106. The highest BCUT2D eigenvalue weighted by molar-refractivity contribution is 5.76. The third-order valence-corrected chi connectivity index (χ3v) is 5.62. The van der Waals surface area contributed by atoms with Gasteiger partial charge in [-0.05, 0) is 56.4 Å². The Balaban J connectivity index is 1.38. The fraction of sp³-hybridized carbons (Fsp3) is 0.571. The van der Waals surface area contributed by atoms with Crippen molar-refractivity contribution >= 4 is 5.91 Å². The first kappa shape index (κ1) is 17.3. The molecule has 1 atom stereocenters. The third kappa shape index (κ3) is 4.14. The van der Waals surface area contributed by atoms with E-state index in [0.717, 1.165) is 56.9 Å². The molecular formula is C21H28N4O. The van der Waals surface area contributed by atoms with Crippen LogP contribution in [0.3, 0.4) is 0 Å². The van der Waals surface area contributed by atoms with E-state index in [1.165, 1.54) is 18.4 Å². The highest BCUT2D eigenvalue weighted by Crippen LogP contribution is 2.34. The van der Waals surface area contributed by atoms with Gasteiger partial charge in [-0.25, -0.2) is 0 Å². The van der Waals surface area contributed by atoms with Crippen LogP contribution >= 0.6 is 0 Å². The number of amides is 1. The van der Waals surface area contributed by atoms with Crippen LogP contribution in [0.4, 0.5) is 0 Å². The Morgan fingerprint density at radius 3 is 2.77 bits per heavy atom. The molecule has 5 heteroatoms. The Morgan fingerprint density at radius 2 is 1.96 bits per heavy atom. The molecule has 0 N–H and O–H groups in total. The van der Waals surface area contributed by atoms with E-state index in [2.05, 4.69) is 43.9 Å². The fourth-order valence-electron chi connectivity index (χ4n) is 3.97. The molecule has 26 heavy (non-hydrogen) atoms. The molecule has 138 valence electrons. The van der Waals surface area contributed by atoms with Crippen molar-refractivity contribution < 1.29 is 4.79 Å². The summed E-state index contributed by atoms with van der Waals surface area (Å²) in [5.41, 5.74) is 1.31. The number of aryl methyl sites for hydroxylation is 1. The summed E-state index contributed by atoms with van der Waals surface area (Å²) in [5, 5.41) is 8.55. The van der Waals surface area contributed by atoms with Crippen LogP contribution in [0.15, 0.2) is 36.7 Å². The maximum atomic E-state index is 12.9. The van der Waals surface area contributed by atoms with Crippen LogP contribution in [0, 0.1) is 5.92 Å². The third-order valence-electron chi connectivity index (χ3n) is 5.62. The van der Waals surface area contributed by atoms with Gasteiger partial charge in [-0.2, -0.15) is 0 Å². The number of nitrogens with zero attached hydrogens (tertiary/aromatic N) is 4. The van der Waals surface area contributed by atoms with Crippen molar-refractivity contribution in [1.82, 2.24) is 19.7 Å². The Hall–Kier alpha value is -2.17. The molecule has 2 aliphatic rings. The molecule has 0 radical (unpaired) electrons. The van der Waals surface area contributed by atoms with E-state index in [0.29, 0.717) is 6.42 Å². The largest absolute Gasteiger partial charge is 0.332 e. The van der Waals surface area contributed by atoms with Gasteiger partial charge in [-0.1, -0.05) is 30.3 Å². The lowest BCUT2D eigenvalue weighted by Gasteiger charge is -2.35. The molecule has 5 nitrogen and oxygen atoms in total. The second-order valence-corrected chi connectivity index (χ2v) is 7.72. The van der Waals surface area contributed by atoms with Crippen LogP contribution < -0.4 is 0 Å². The molecular weight excluding hydrogens is 324 g/mol. The van der Waals surface area contributed by atoms with E-state index < -0.39 is 0 Å². The number of piperidine rings is 1. The molecule has 1 saturated heterocycles. The van der Waals surface area contributed by atoms with Crippen LogP contribution in [0.2, 0.25) is 0 Å². The smallest absolute Gasteiger partial charge is 0.223 e. The van der Waals surface area contributed by atoms with E-state index in [4.69, 9.17) is 0 Å². The molecule has 2 aromatic rings. The number of hydrogen-bond acceptors (Lipinski definition) is 3. The predicted molar refractivity (Wildman–Crippen MR) is 100 cm³/mol. The Labute approximate surface area is 155 Å². The maximum absolute atomic E-state index is 12.9. The number of benzene rings is 1. The minimum Gasteiger partial charge on any atom is -0.332 e. The fourth-order valence-corrected chi connectivity index (χ4v) is 3.97. The lowest BCUT2D eigenvalue weighted by atomic mass is 10.00. The topological polar surface area (TPSA) is 51.0 Å². The minimum absolute atomic E-state index is 0.106. The number of hydrogen-bond donors (Lipinski definition) is 0. The normalized spacial score (nSPS) is 20.3. The molecule has 0 unspecified atom stereocenters. The lowest BCUT2D eigenvalue weighted by molar-refractivity contribution is -0.135. The molecule has 1 amide bonds. The second kappa shape index (κ2) is 8.02. The Bertz CT molecular complexity index is 723. The van der Waals surface area contributed by atoms with Gasteiger partial charge in [-0.3, -0.25) is 4.79 Å². The molecule has 1 aliphatic carbocycles. The first-order valence-corrected chi connectivity index (χ1v) is 10.0. The number of likely N-dealkylation sites (tertiary alicyclic amines) is 1. The van der Waals surface area contributed by atoms with Crippen molar-refractivity contribution in [3.63, 3.8) is 0 Å². The van der Waals surface area contributed by atoms with Crippen LogP contribution in [0.25, 0.3) is 0 Å². The highest BCUT2D eigenvalue weighted by atomic mass is 16.2. The summed E-state index contributed by atoms with van der Waals surface area (Å²) >= 11 is 0. The summed E-state index contributed by atoms with van der Waals surface area (Å²) in [6.07, 6.45) is 10.2. The van der Waals surface area contributed by atoms with E-state index in [1.54, 1.807) is 0 Å². The highest BCUT2D eigenvalue weighted by Gasteiger charge is 2.32. The van der Waals surface area contributed by atoms with Gasteiger partial charge in [0.05, 0.1) is 6.04 Å². The number of carbonyl (C=O) groups is 1. The monoisotopic (exact) mass is 352 g/mol. The van der Waals surface area contributed by atoms with Gasteiger partial charge in [0.2, 0.25) is 5.91 Å². The summed E-state index contributed by atoms with van der Waals surface area (Å²) in [6, 6.07) is 10.5. The SMILES string of the molecule is O=C(CCCc1ccccc1)N1CCCC[C@H]1c1nncn1CC1CC1. The van der Waals surface area contributed by atoms with Gasteiger partial charge >= 0.3 is 0 Å². The average Bonchev–Trinajstić information content (AvgIpc) is 3.38. The summed E-state index contributed by atoms with van der Waals surface area (Å²) in [5.74, 6) is 2.04. The summed E-state index contributed by atoms with van der Waals surface area (Å²) < 4.78 is 2.19. The molecule has 1 aromatic heterocycles. The zero-order valence-corrected chi connectivity index (χ0v) is 15.4. The summed E-state index contributed by atoms with van der Waals surface area (Å²) in [4.78, 5) is 15.0. The van der Waals surface area contributed by atoms with Crippen LogP contribution in [0.5, 0.6) is 0 Å². The number of rotatable bonds is 7.